The summed E-state index contributed by atoms with van der Waals surface area (Å²) in [5.74, 6) is -1.25. The van der Waals surface area contributed by atoms with Crippen LogP contribution in [0.5, 0.6) is 0 Å². The molecule has 2 amide bonds. The molecule has 4 aromatic carbocycles. The minimum absolute atomic E-state index is 0.118. The second-order valence-corrected chi connectivity index (χ2v) is 8.37. The predicted octanol–water partition coefficient (Wildman–Crippen LogP) is 4.14. The van der Waals surface area contributed by atoms with E-state index in [0.29, 0.717) is 22.3 Å². The fraction of sp³-hybridized carbons (Fsp3) is 0.103. The van der Waals surface area contributed by atoms with Crippen LogP contribution in [0.2, 0.25) is 0 Å². The largest absolute Gasteiger partial charge is 0.368 e. The number of nitro benzene ring substituents is 1. The van der Waals surface area contributed by atoms with Gasteiger partial charge in [-0.25, -0.2) is 0 Å². The quantitative estimate of drug-likeness (QED) is 0.213. The van der Waals surface area contributed by atoms with Crippen LogP contribution >= 0.6 is 0 Å². The molecule has 0 aromatic heterocycles. The summed E-state index contributed by atoms with van der Waals surface area (Å²) < 4.78 is 0. The Bertz CT molecular complexity index is 1260. The van der Waals surface area contributed by atoms with Crippen LogP contribution in [0.25, 0.3) is 0 Å². The van der Waals surface area contributed by atoms with Crippen molar-refractivity contribution in [3.05, 3.63) is 148 Å². The number of amides is 2. The highest BCUT2D eigenvalue weighted by Crippen LogP contribution is 2.39. The van der Waals surface area contributed by atoms with E-state index in [1.807, 2.05) is 91.0 Å². The molecule has 4 aromatic rings. The molecule has 0 saturated heterocycles. The first-order valence-corrected chi connectivity index (χ1v) is 11.4. The van der Waals surface area contributed by atoms with Crippen molar-refractivity contribution >= 4 is 17.5 Å². The highest BCUT2D eigenvalue weighted by molar-refractivity contribution is 5.98. The molecule has 7 heteroatoms. The molecule has 0 aliphatic heterocycles. The third-order valence-corrected chi connectivity index (χ3v) is 6.22. The molecule has 0 aliphatic carbocycles. The van der Waals surface area contributed by atoms with Gasteiger partial charge in [-0.05, 0) is 16.7 Å². The van der Waals surface area contributed by atoms with Gasteiger partial charge in [0.05, 0.1) is 4.92 Å². The van der Waals surface area contributed by atoms with Crippen molar-refractivity contribution in [3.8, 4) is 0 Å². The molecule has 0 aliphatic rings. The summed E-state index contributed by atoms with van der Waals surface area (Å²) in [7, 11) is 0. The molecule has 0 bridgehead atoms. The summed E-state index contributed by atoms with van der Waals surface area (Å²) in [4.78, 5) is 37.8. The van der Waals surface area contributed by atoms with E-state index in [2.05, 4.69) is 5.32 Å². The molecular weight excluding hydrogens is 454 g/mol. The van der Waals surface area contributed by atoms with Crippen molar-refractivity contribution in [2.45, 2.75) is 17.9 Å². The number of nitro groups is 1. The number of hydrogen-bond acceptors (Lipinski definition) is 4. The SMILES string of the molecule is NC(=O)[C@H](Cc1ccccc1[N+](=O)[O-])NC(=O)C(c1ccccc1)(c1ccccc1)c1ccccc1. The van der Waals surface area contributed by atoms with Gasteiger partial charge in [-0.2, -0.15) is 0 Å². The molecule has 7 nitrogen and oxygen atoms in total. The lowest BCUT2D eigenvalue weighted by molar-refractivity contribution is -0.385. The number of nitrogens with two attached hydrogens (primary N) is 1. The Morgan fingerprint density at radius 3 is 1.58 bits per heavy atom. The molecule has 0 radical (unpaired) electrons. The van der Waals surface area contributed by atoms with Gasteiger partial charge in [-0.15, -0.1) is 0 Å². The zero-order chi connectivity index (χ0) is 25.5. The van der Waals surface area contributed by atoms with Crippen LogP contribution in [0.15, 0.2) is 115 Å². The fourth-order valence-electron chi connectivity index (χ4n) is 4.53. The molecule has 0 saturated carbocycles. The smallest absolute Gasteiger partial charge is 0.272 e. The van der Waals surface area contributed by atoms with Gasteiger partial charge in [-0.1, -0.05) is 109 Å². The van der Waals surface area contributed by atoms with E-state index < -0.39 is 28.2 Å². The number of para-hydroxylation sites is 1. The van der Waals surface area contributed by atoms with E-state index in [0.717, 1.165) is 0 Å². The molecule has 0 unspecified atom stereocenters. The number of hydrogen-bond donors (Lipinski definition) is 2. The Balaban J connectivity index is 1.84. The lowest BCUT2D eigenvalue weighted by Gasteiger charge is -2.35. The molecule has 0 fully saturated rings. The number of carbonyl (C=O) groups is 2. The van der Waals surface area contributed by atoms with Gasteiger partial charge in [0.2, 0.25) is 11.8 Å². The second kappa shape index (κ2) is 10.7. The molecule has 0 heterocycles. The summed E-state index contributed by atoms with van der Waals surface area (Å²) in [6.45, 7) is 0. The summed E-state index contributed by atoms with van der Waals surface area (Å²) in [5.41, 5.74) is 6.66. The van der Waals surface area contributed by atoms with Crippen molar-refractivity contribution in [3.63, 3.8) is 0 Å². The lowest BCUT2D eigenvalue weighted by Crippen LogP contribution is -2.54. The van der Waals surface area contributed by atoms with E-state index in [9.17, 15) is 19.7 Å². The topological polar surface area (TPSA) is 115 Å². The van der Waals surface area contributed by atoms with Crippen LogP contribution < -0.4 is 11.1 Å². The molecule has 36 heavy (non-hydrogen) atoms. The minimum atomic E-state index is -1.31. The second-order valence-electron chi connectivity index (χ2n) is 8.37. The van der Waals surface area contributed by atoms with Gasteiger partial charge >= 0.3 is 0 Å². The summed E-state index contributed by atoms with van der Waals surface area (Å²) in [5, 5.41) is 14.3. The van der Waals surface area contributed by atoms with Crippen LogP contribution in [0.1, 0.15) is 22.3 Å². The van der Waals surface area contributed by atoms with Crippen molar-refractivity contribution in [1.29, 1.82) is 0 Å². The number of nitrogens with zero attached hydrogens (tertiary/aromatic N) is 1. The van der Waals surface area contributed by atoms with E-state index in [1.54, 1.807) is 18.2 Å². The Kier molecular flexibility index (Phi) is 7.20. The first-order valence-electron chi connectivity index (χ1n) is 11.4. The summed E-state index contributed by atoms with van der Waals surface area (Å²) in [6, 6.07) is 32.8. The van der Waals surface area contributed by atoms with Crippen molar-refractivity contribution in [1.82, 2.24) is 5.32 Å². The summed E-state index contributed by atoms with van der Waals surface area (Å²) >= 11 is 0. The molecule has 180 valence electrons. The third-order valence-electron chi connectivity index (χ3n) is 6.22. The van der Waals surface area contributed by atoms with E-state index >= 15 is 0 Å². The molecule has 4 rings (SSSR count). The summed E-state index contributed by atoms with van der Waals surface area (Å²) in [6.07, 6.45) is -0.118. The highest BCUT2D eigenvalue weighted by Gasteiger charge is 2.45. The normalized spacial score (nSPS) is 11.9. The molecule has 0 spiro atoms. The molecule has 1 atom stereocenters. The van der Waals surface area contributed by atoms with Crippen molar-refractivity contribution < 1.29 is 14.5 Å². The van der Waals surface area contributed by atoms with Gasteiger partial charge in [-0.3, -0.25) is 19.7 Å². The minimum Gasteiger partial charge on any atom is -0.368 e. The Morgan fingerprint density at radius 2 is 1.17 bits per heavy atom. The predicted molar refractivity (Wildman–Crippen MR) is 137 cm³/mol. The average Bonchev–Trinajstić information content (AvgIpc) is 2.91. The number of nitrogens with one attached hydrogen (secondary N) is 1. The number of primary amides is 1. The highest BCUT2D eigenvalue weighted by atomic mass is 16.6. The van der Waals surface area contributed by atoms with Crippen LogP contribution in [-0.2, 0) is 21.4 Å². The Labute approximate surface area is 208 Å². The lowest BCUT2D eigenvalue weighted by atomic mass is 9.68. The monoisotopic (exact) mass is 479 g/mol. The zero-order valence-corrected chi connectivity index (χ0v) is 19.4. The van der Waals surface area contributed by atoms with Gasteiger partial charge in [0.25, 0.3) is 5.69 Å². The van der Waals surface area contributed by atoms with Crippen LogP contribution in [-0.4, -0.2) is 22.8 Å². The maximum absolute atomic E-state index is 14.3. The van der Waals surface area contributed by atoms with E-state index in [1.165, 1.54) is 6.07 Å². The first kappa shape index (κ1) is 24.3. The van der Waals surface area contributed by atoms with Crippen molar-refractivity contribution in [2.24, 2.45) is 5.73 Å². The number of carbonyl (C=O) groups excluding carboxylic acids is 2. The maximum atomic E-state index is 14.3. The fourth-order valence-corrected chi connectivity index (χ4v) is 4.53. The zero-order valence-electron chi connectivity index (χ0n) is 19.4. The molecular formula is C29H25N3O4. The molecule has 3 N–H and O–H groups in total. The van der Waals surface area contributed by atoms with E-state index in [4.69, 9.17) is 5.73 Å². The average molecular weight is 480 g/mol. The van der Waals surface area contributed by atoms with Gasteiger partial charge < -0.3 is 11.1 Å². The van der Waals surface area contributed by atoms with Gasteiger partial charge in [0.1, 0.15) is 11.5 Å². The third kappa shape index (κ3) is 4.72. The van der Waals surface area contributed by atoms with Crippen LogP contribution in [0.3, 0.4) is 0 Å². The number of benzene rings is 4. The van der Waals surface area contributed by atoms with Crippen LogP contribution in [0.4, 0.5) is 5.69 Å². The van der Waals surface area contributed by atoms with E-state index in [-0.39, 0.29) is 12.1 Å². The first-order chi connectivity index (χ1) is 17.4. The van der Waals surface area contributed by atoms with Gasteiger partial charge in [0, 0.05) is 18.1 Å². The standard InChI is InChI=1S/C29H25N3O4/c30-27(33)25(20-21-12-10-11-19-26(21)32(35)36)31-28(34)29(22-13-4-1-5-14-22,23-15-6-2-7-16-23)24-17-8-3-9-18-24/h1-19,25H,20H2,(H2,30,33)(H,31,34)/t25-/m0/s1. The van der Waals surface area contributed by atoms with Crippen LogP contribution in [0, 0.1) is 10.1 Å². The maximum Gasteiger partial charge on any atom is 0.272 e. The Morgan fingerprint density at radius 1 is 0.750 bits per heavy atom. The van der Waals surface area contributed by atoms with Gasteiger partial charge in [0.15, 0.2) is 0 Å². The Hall–Kier alpha value is -4.78. The number of rotatable bonds is 9. The van der Waals surface area contributed by atoms with Crippen molar-refractivity contribution in [2.75, 3.05) is 0 Å².